The first-order valence-corrected chi connectivity index (χ1v) is 10.4. The number of nitrogens with zero attached hydrogens (tertiary/aromatic N) is 1. The van der Waals surface area contributed by atoms with Crippen LogP contribution in [0.2, 0.25) is 0 Å². The molecule has 2 heterocycles. The van der Waals surface area contributed by atoms with Crippen molar-refractivity contribution in [2.75, 3.05) is 19.5 Å². The first kappa shape index (κ1) is 18.7. The third-order valence-corrected chi connectivity index (χ3v) is 5.84. The highest BCUT2D eigenvalue weighted by molar-refractivity contribution is 7.98. The molecule has 1 fully saturated rings. The van der Waals surface area contributed by atoms with Gasteiger partial charge >= 0.3 is 6.03 Å². The summed E-state index contributed by atoms with van der Waals surface area (Å²) in [4.78, 5) is 28.1. The molecule has 0 saturated carbocycles. The van der Waals surface area contributed by atoms with E-state index in [0.717, 1.165) is 16.9 Å². The molecular weight excluding hydrogens is 376 g/mol. The van der Waals surface area contributed by atoms with Crippen molar-refractivity contribution in [1.29, 1.82) is 0 Å². The number of carbonyl (C=O) groups excluding carboxylic acids is 2. The van der Waals surface area contributed by atoms with E-state index in [-0.39, 0.29) is 12.5 Å². The van der Waals surface area contributed by atoms with Crippen LogP contribution < -0.4 is 14.8 Å². The predicted octanol–water partition coefficient (Wildman–Crippen LogP) is 3.54. The van der Waals surface area contributed by atoms with Crippen LogP contribution in [0.25, 0.3) is 0 Å². The monoisotopic (exact) mass is 398 g/mol. The summed E-state index contributed by atoms with van der Waals surface area (Å²) in [6, 6.07) is 12.9. The lowest BCUT2D eigenvalue weighted by Gasteiger charge is -2.23. The number of ether oxygens (including phenoxy) is 2. The smallest absolute Gasteiger partial charge is 0.325 e. The molecule has 2 aromatic rings. The largest absolute Gasteiger partial charge is 0.490 e. The van der Waals surface area contributed by atoms with Gasteiger partial charge in [0.2, 0.25) is 0 Å². The normalized spacial score (nSPS) is 21.4. The Kier molecular flexibility index (Phi) is 4.93. The van der Waals surface area contributed by atoms with Gasteiger partial charge in [-0.05, 0) is 48.6 Å². The Morgan fingerprint density at radius 3 is 2.50 bits per heavy atom. The van der Waals surface area contributed by atoms with Crippen LogP contribution in [0, 0.1) is 0 Å². The second kappa shape index (κ2) is 7.39. The number of imide groups is 1. The molecule has 4 rings (SSSR count). The molecule has 0 unspecified atom stereocenters. The van der Waals surface area contributed by atoms with E-state index < -0.39 is 11.6 Å². The number of thioether (sulfide) groups is 1. The lowest BCUT2D eigenvalue weighted by atomic mass is 9.91. The van der Waals surface area contributed by atoms with Crippen molar-refractivity contribution in [3.8, 4) is 11.5 Å². The maximum absolute atomic E-state index is 13.2. The van der Waals surface area contributed by atoms with Crippen molar-refractivity contribution in [2.24, 2.45) is 0 Å². The summed E-state index contributed by atoms with van der Waals surface area (Å²) in [5.74, 6) is 0.984. The molecule has 146 valence electrons. The van der Waals surface area contributed by atoms with Crippen LogP contribution in [0.3, 0.4) is 0 Å². The van der Waals surface area contributed by atoms with Crippen molar-refractivity contribution < 1.29 is 19.1 Å². The minimum atomic E-state index is -1.14. The van der Waals surface area contributed by atoms with Gasteiger partial charge in [-0.15, -0.1) is 11.8 Å². The zero-order valence-electron chi connectivity index (χ0n) is 15.9. The Bertz CT molecular complexity index is 915. The third-order valence-electron chi connectivity index (χ3n) is 5.10. The maximum Gasteiger partial charge on any atom is 0.325 e. The van der Waals surface area contributed by atoms with Gasteiger partial charge in [0.1, 0.15) is 5.54 Å². The highest BCUT2D eigenvalue weighted by Crippen LogP contribution is 2.37. The number of carbonyl (C=O) groups is 2. The van der Waals surface area contributed by atoms with E-state index in [1.807, 2.05) is 36.6 Å². The van der Waals surface area contributed by atoms with E-state index in [0.29, 0.717) is 30.3 Å². The second-order valence-electron chi connectivity index (χ2n) is 7.01. The van der Waals surface area contributed by atoms with E-state index >= 15 is 0 Å². The molecule has 0 aliphatic carbocycles. The second-order valence-corrected chi connectivity index (χ2v) is 7.89. The quantitative estimate of drug-likeness (QED) is 0.630. The summed E-state index contributed by atoms with van der Waals surface area (Å²) in [5, 5.41) is 2.85. The SMILES string of the molecule is CSc1ccc(CN2C(=O)N[C@](C)(c3ccc4c(c3)OCCCO4)C2=O)cc1. The average molecular weight is 398 g/mol. The van der Waals surface area contributed by atoms with Gasteiger partial charge in [0.05, 0.1) is 19.8 Å². The van der Waals surface area contributed by atoms with Crippen molar-refractivity contribution in [3.63, 3.8) is 0 Å². The standard InChI is InChI=1S/C21H22N2O4S/c1-21(15-6-9-17-18(12-15)27-11-3-10-26-17)19(24)23(20(25)22-21)13-14-4-7-16(28-2)8-5-14/h4-9,12H,3,10-11,13H2,1-2H3,(H,22,25)/t21-/m1/s1. The number of fused-ring (bicyclic) bond motifs is 1. The topological polar surface area (TPSA) is 67.9 Å². The van der Waals surface area contributed by atoms with Gasteiger partial charge in [0.25, 0.3) is 5.91 Å². The van der Waals surface area contributed by atoms with Crippen molar-refractivity contribution in [1.82, 2.24) is 10.2 Å². The fraction of sp³-hybridized carbons (Fsp3) is 0.333. The lowest BCUT2D eigenvalue weighted by Crippen LogP contribution is -2.40. The Morgan fingerprint density at radius 2 is 1.79 bits per heavy atom. The Labute approximate surface area is 168 Å². The third kappa shape index (κ3) is 3.30. The minimum absolute atomic E-state index is 0.236. The van der Waals surface area contributed by atoms with Gasteiger partial charge in [0.15, 0.2) is 11.5 Å². The molecule has 1 N–H and O–H groups in total. The van der Waals surface area contributed by atoms with E-state index in [9.17, 15) is 9.59 Å². The Balaban J connectivity index is 1.59. The molecule has 2 aliphatic rings. The van der Waals surface area contributed by atoms with Crippen LogP contribution in [-0.2, 0) is 16.9 Å². The van der Waals surface area contributed by atoms with Gasteiger partial charge < -0.3 is 14.8 Å². The lowest BCUT2D eigenvalue weighted by molar-refractivity contribution is -0.131. The van der Waals surface area contributed by atoms with E-state index in [1.165, 1.54) is 4.90 Å². The van der Waals surface area contributed by atoms with Crippen molar-refractivity contribution in [2.45, 2.75) is 30.3 Å². The number of urea groups is 1. The summed E-state index contributed by atoms with van der Waals surface area (Å²) in [7, 11) is 0. The zero-order valence-corrected chi connectivity index (χ0v) is 16.7. The molecule has 0 bridgehead atoms. The first-order chi connectivity index (χ1) is 13.5. The molecule has 2 aliphatic heterocycles. The van der Waals surface area contributed by atoms with E-state index in [4.69, 9.17) is 9.47 Å². The van der Waals surface area contributed by atoms with Gasteiger partial charge in [-0.3, -0.25) is 9.69 Å². The fourth-order valence-electron chi connectivity index (χ4n) is 3.42. The number of hydrogen-bond donors (Lipinski definition) is 1. The molecule has 1 atom stereocenters. The van der Waals surface area contributed by atoms with Crippen LogP contribution in [0.5, 0.6) is 11.5 Å². The molecule has 6 nitrogen and oxygen atoms in total. The molecule has 0 radical (unpaired) electrons. The summed E-state index contributed by atoms with van der Waals surface area (Å²) in [6.45, 7) is 3.12. The molecule has 1 saturated heterocycles. The Hall–Kier alpha value is -2.67. The molecule has 28 heavy (non-hydrogen) atoms. The number of benzene rings is 2. The molecular formula is C21H22N2O4S. The van der Waals surface area contributed by atoms with Crippen LogP contribution in [0.1, 0.15) is 24.5 Å². The van der Waals surface area contributed by atoms with Gasteiger partial charge in [-0.2, -0.15) is 0 Å². The summed E-state index contributed by atoms with van der Waals surface area (Å²) in [5.41, 5.74) is 0.445. The minimum Gasteiger partial charge on any atom is -0.490 e. The molecule has 0 aromatic heterocycles. The van der Waals surface area contributed by atoms with Crippen LogP contribution in [0.4, 0.5) is 4.79 Å². The van der Waals surface area contributed by atoms with E-state index in [1.54, 1.807) is 30.8 Å². The number of rotatable bonds is 4. The molecule has 7 heteroatoms. The summed E-state index contributed by atoms with van der Waals surface area (Å²) in [6.07, 6.45) is 2.81. The number of nitrogens with one attached hydrogen (secondary N) is 1. The van der Waals surface area contributed by atoms with Gasteiger partial charge in [-0.1, -0.05) is 18.2 Å². The van der Waals surface area contributed by atoms with Crippen molar-refractivity contribution in [3.05, 3.63) is 53.6 Å². The van der Waals surface area contributed by atoms with E-state index in [2.05, 4.69) is 5.32 Å². The molecule has 0 spiro atoms. The molecule has 2 aromatic carbocycles. The maximum atomic E-state index is 13.2. The van der Waals surface area contributed by atoms with Gasteiger partial charge in [0, 0.05) is 11.3 Å². The van der Waals surface area contributed by atoms with Crippen LogP contribution in [-0.4, -0.2) is 36.3 Å². The van der Waals surface area contributed by atoms with Crippen molar-refractivity contribution >= 4 is 23.7 Å². The van der Waals surface area contributed by atoms with Gasteiger partial charge in [-0.25, -0.2) is 4.79 Å². The summed E-state index contributed by atoms with van der Waals surface area (Å²) >= 11 is 1.65. The Morgan fingerprint density at radius 1 is 1.07 bits per heavy atom. The number of hydrogen-bond acceptors (Lipinski definition) is 5. The zero-order chi connectivity index (χ0) is 19.7. The first-order valence-electron chi connectivity index (χ1n) is 9.18. The fourth-order valence-corrected chi connectivity index (χ4v) is 3.83. The predicted molar refractivity (Wildman–Crippen MR) is 107 cm³/mol. The van der Waals surface area contributed by atoms with Crippen LogP contribution >= 0.6 is 11.8 Å². The highest BCUT2D eigenvalue weighted by Gasteiger charge is 2.49. The van der Waals surface area contributed by atoms with Crippen LogP contribution in [0.15, 0.2) is 47.4 Å². The highest BCUT2D eigenvalue weighted by atomic mass is 32.2. The molecule has 3 amide bonds. The average Bonchev–Trinajstić information content (AvgIpc) is 2.88. The summed E-state index contributed by atoms with van der Waals surface area (Å²) < 4.78 is 11.4. The number of amides is 3.